The molecule has 240 valence electrons. The van der Waals surface area contributed by atoms with Gasteiger partial charge in [-0.15, -0.1) is 12.4 Å². The van der Waals surface area contributed by atoms with Gasteiger partial charge in [0.15, 0.2) is 9.84 Å². The lowest BCUT2D eigenvalue weighted by molar-refractivity contribution is 0.188. The number of carbonyl (C=O) groups is 1. The Bertz CT molecular complexity index is 1590. The summed E-state index contributed by atoms with van der Waals surface area (Å²) < 4.78 is 55.2. The molecule has 4 rings (SSSR count). The number of likely N-dealkylation sites (tertiary alicyclic amines) is 1. The van der Waals surface area contributed by atoms with Gasteiger partial charge in [0.25, 0.3) is 0 Å². The first-order valence-corrected chi connectivity index (χ1v) is 18.1. The van der Waals surface area contributed by atoms with E-state index in [1.807, 2.05) is 24.3 Å². The minimum absolute atomic E-state index is 0. The minimum atomic E-state index is -3.38. The first-order valence-electron chi connectivity index (χ1n) is 14.3. The Labute approximate surface area is 267 Å². The van der Waals surface area contributed by atoms with E-state index in [-0.39, 0.29) is 29.4 Å². The van der Waals surface area contributed by atoms with Crippen molar-refractivity contribution >= 4 is 49.7 Å². The number of anilines is 2. The molecule has 0 unspecified atom stereocenters. The van der Waals surface area contributed by atoms with Gasteiger partial charge in [-0.1, -0.05) is 31.5 Å². The Morgan fingerprint density at radius 1 is 0.932 bits per heavy atom. The Kier molecular flexibility index (Phi) is 12.5. The van der Waals surface area contributed by atoms with Crippen LogP contribution in [0.15, 0.2) is 77.7 Å². The van der Waals surface area contributed by atoms with Crippen LogP contribution in [0.3, 0.4) is 0 Å². The third-order valence-corrected chi connectivity index (χ3v) is 8.89. The number of piperidine rings is 1. The molecule has 0 atom stereocenters. The van der Waals surface area contributed by atoms with Crippen molar-refractivity contribution in [3.63, 3.8) is 0 Å². The second-order valence-corrected chi connectivity index (χ2v) is 14.7. The van der Waals surface area contributed by atoms with Crippen molar-refractivity contribution in [1.82, 2.24) is 10.2 Å². The number of nitrogens with one attached hydrogen (secondary N) is 2. The molecule has 0 aromatic heterocycles. The fourth-order valence-corrected chi connectivity index (χ4v) is 6.12. The number of hydrogen-bond donors (Lipinski definition) is 2. The van der Waals surface area contributed by atoms with Crippen LogP contribution in [0.2, 0.25) is 0 Å². The number of ether oxygens (including phenoxy) is 1. The van der Waals surface area contributed by atoms with Crippen LogP contribution in [0.5, 0.6) is 11.5 Å². The zero-order chi connectivity index (χ0) is 31.0. The molecule has 1 aliphatic heterocycles. The van der Waals surface area contributed by atoms with Crippen molar-refractivity contribution in [3.8, 4) is 11.5 Å². The number of amides is 2. The van der Waals surface area contributed by atoms with E-state index in [0.29, 0.717) is 29.4 Å². The van der Waals surface area contributed by atoms with E-state index in [4.69, 9.17) is 4.74 Å². The SMILES string of the molecule is CCCCN(C(=O)NC1CCN(Cc2ccc(Oc3ccc(NS(C)(=O)=O)cc3)cc2)CC1)c1cccc(S(C)(=O)=O)c1.Cl. The molecule has 3 aromatic carbocycles. The van der Waals surface area contributed by atoms with Crippen molar-refractivity contribution in [2.75, 3.05) is 41.8 Å². The number of sulfonamides is 1. The molecule has 0 saturated carbocycles. The van der Waals surface area contributed by atoms with Crippen LogP contribution in [0, 0.1) is 0 Å². The zero-order valence-electron chi connectivity index (χ0n) is 25.2. The molecule has 2 amide bonds. The Morgan fingerprint density at radius 3 is 2.11 bits per heavy atom. The van der Waals surface area contributed by atoms with Gasteiger partial charge in [-0.25, -0.2) is 21.6 Å². The van der Waals surface area contributed by atoms with Gasteiger partial charge in [0.2, 0.25) is 10.0 Å². The molecule has 1 aliphatic rings. The average molecular weight is 665 g/mol. The molecular formula is C31H41ClN4O6S2. The van der Waals surface area contributed by atoms with Gasteiger partial charge in [-0.3, -0.25) is 14.5 Å². The molecule has 1 heterocycles. The first kappa shape index (κ1) is 35.2. The maximum atomic E-state index is 13.3. The highest BCUT2D eigenvalue weighted by Gasteiger charge is 2.24. The molecule has 2 N–H and O–H groups in total. The van der Waals surface area contributed by atoms with Gasteiger partial charge >= 0.3 is 6.03 Å². The summed E-state index contributed by atoms with van der Waals surface area (Å²) in [5.74, 6) is 1.29. The van der Waals surface area contributed by atoms with Gasteiger partial charge in [0.1, 0.15) is 11.5 Å². The van der Waals surface area contributed by atoms with E-state index in [0.717, 1.165) is 57.1 Å². The molecule has 0 aliphatic carbocycles. The molecule has 13 heteroatoms. The number of urea groups is 1. The molecule has 10 nitrogen and oxygen atoms in total. The van der Waals surface area contributed by atoms with E-state index in [1.54, 1.807) is 53.4 Å². The van der Waals surface area contributed by atoms with Gasteiger partial charge in [0.05, 0.1) is 11.2 Å². The fraction of sp³-hybridized carbons (Fsp3) is 0.387. The number of halogens is 1. The summed E-state index contributed by atoms with van der Waals surface area (Å²) in [5.41, 5.74) is 2.21. The quantitative estimate of drug-likeness (QED) is 0.256. The molecule has 0 spiro atoms. The number of nitrogens with zero attached hydrogens (tertiary/aromatic N) is 2. The van der Waals surface area contributed by atoms with Crippen molar-refractivity contribution in [1.29, 1.82) is 0 Å². The predicted octanol–water partition coefficient (Wildman–Crippen LogP) is 5.66. The van der Waals surface area contributed by atoms with Crippen LogP contribution >= 0.6 is 12.4 Å². The van der Waals surface area contributed by atoms with Gasteiger partial charge in [-0.05, 0) is 79.4 Å². The molecule has 44 heavy (non-hydrogen) atoms. The molecule has 1 saturated heterocycles. The van der Waals surface area contributed by atoms with Gasteiger partial charge in [-0.2, -0.15) is 0 Å². The first-order chi connectivity index (χ1) is 20.4. The standard InChI is InChI=1S/C31H40N4O6S2.ClH/c1-4-5-19-35(27-7-6-8-30(22-27)42(2,37)38)31(36)32-25-17-20-34(21-18-25)23-24-9-13-28(14-10-24)41-29-15-11-26(12-16-29)33-43(3,39)40;/h6-16,22,25,33H,4-5,17-21,23H2,1-3H3,(H,32,36);1H. The number of benzene rings is 3. The lowest BCUT2D eigenvalue weighted by Crippen LogP contribution is -2.49. The summed E-state index contributed by atoms with van der Waals surface area (Å²) in [6.45, 7) is 5.04. The Balaban J connectivity index is 0.00000529. The fourth-order valence-electron chi connectivity index (χ4n) is 4.90. The van der Waals surface area contributed by atoms with Gasteiger partial charge < -0.3 is 10.1 Å². The van der Waals surface area contributed by atoms with Crippen LogP contribution in [-0.4, -0.2) is 66.0 Å². The van der Waals surface area contributed by atoms with Crippen molar-refractivity contribution in [2.24, 2.45) is 0 Å². The molecule has 3 aromatic rings. The smallest absolute Gasteiger partial charge is 0.322 e. The van der Waals surface area contributed by atoms with E-state index in [2.05, 4.69) is 21.9 Å². The van der Waals surface area contributed by atoms with Crippen LogP contribution in [0.4, 0.5) is 16.2 Å². The second kappa shape index (κ2) is 15.6. The van der Waals surface area contributed by atoms with E-state index in [1.165, 1.54) is 6.26 Å². The number of rotatable bonds is 12. The third-order valence-electron chi connectivity index (χ3n) is 7.18. The maximum absolute atomic E-state index is 13.3. The van der Waals surface area contributed by atoms with E-state index in [9.17, 15) is 21.6 Å². The highest BCUT2D eigenvalue weighted by Crippen LogP contribution is 2.25. The number of sulfone groups is 1. The third kappa shape index (κ3) is 10.7. The molecule has 1 fully saturated rings. The number of carbonyl (C=O) groups excluding carboxylic acids is 1. The predicted molar refractivity (Wildman–Crippen MR) is 177 cm³/mol. The summed E-state index contributed by atoms with van der Waals surface area (Å²) in [4.78, 5) is 17.5. The lowest BCUT2D eigenvalue weighted by Gasteiger charge is -2.34. The summed E-state index contributed by atoms with van der Waals surface area (Å²) in [5, 5.41) is 3.17. The van der Waals surface area contributed by atoms with Crippen LogP contribution in [0.25, 0.3) is 0 Å². The van der Waals surface area contributed by atoms with Crippen LogP contribution in [0.1, 0.15) is 38.2 Å². The topological polar surface area (TPSA) is 125 Å². The normalized spacial score (nSPS) is 14.3. The molecule has 0 bridgehead atoms. The highest BCUT2D eigenvalue weighted by molar-refractivity contribution is 7.92. The van der Waals surface area contributed by atoms with Crippen LogP contribution < -0.4 is 19.7 Å². The van der Waals surface area contributed by atoms with Crippen molar-refractivity contribution in [2.45, 2.75) is 50.1 Å². The van der Waals surface area contributed by atoms with E-state index >= 15 is 0 Å². The second-order valence-electron chi connectivity index (χ2n) is 10.9. The largest absolute Gasteiger partial charge is 0.457 e. The Hall–Kier alpha value is -3.32. The summed E-state index contributed by atoms with van der Waals surface area (Å²) in [7, 11) is -6.71. The average Bonchev–Trinajstić information content (AvgIpc) is 2.95. The van der Waals surface area contributed by atoms with Gasteiger partial charge in [0, 0.05) is 49.9 Å². The minimum Gasteiger partial charge on any atom is -0.457 e. The number of unbranched alkanes of at least 4 members (excludes halogenated alkanes) is 1. The molecule has 0 radical (unpaired) electrons. The zero-order valence-corrected chi connectivity index (χ0v) is 27.7. The van der Waals surface area contributed by atoms with E-state index < -0.39 is 19.9 Å². The van der Waals surface area contributed by atoms with Crippen molar-refractivity contribution in [3.05, 3.63) is 78.4 Å². The summed E-state index contributed by atoms with van der Waals surface area (Å²) in [6.07, 6.45) is 5.65. The maximum Gasteiger partial charge on any atom is 0.322 e. The molecular weight excluding hydrogens is 624 g/mol. The monoisotopic (exact) mass is 664 g/mol. The number of hydrogen-bond acceptors (Lipinski definition) is 7. The van der Waals surface area contributed by atoms with Crippen LogP contribution in [-0.2, 0) is 26.4 Å². The summed E-state index contributed by atoms with van der Waals surface area (Å²) >= 11 is 0. The summed E-state index contributed by atoms with van der Waals surface area (Å²) in [6, 6.07) is 21.0. The highest BCUT2D eigenvalue weighted by atomic mass is 35.5. The Morgan fingerprint density at radius 2 is 1.55 bits per heavy atom. The lowest BCUT2D eigenvalue weighted by atomic mass is 10.0. The van der Waals surface area contributed by atoms with Crippen molar-refractivity contribution < 1.29 is 26.4 Å².